The van der Waals surface area contributed by atoms with Crippen LogP contribution < -0.4 is 10.2 Å². The van der Waals surface area contributed by atoms with E-state index in [0.717, 1.165) is 19.4 Å². The van der Waals surface area contributed by atoms with Crippen molar-refractivity contribution in [2.45, 2.75) is 25.9 Å². The first-order chi connectivity index (χ1) is 12.6. The number of benzene rings is 1. The van der Waals surface area contributed by atoms with Crippen molar-refractivity contribution in [3.05, 3.63) is 52.4 Å². The predicted molar refractivity (Wildman–Crippen MR) is 95.8 cm³/mol. The molecule has 3 rings (SSSR count). The third-order valence-corrected chi connectivity index (χ3v) is 4.23. The SMILES string of the molecule is Cc1ccc(C(=NCC2CCCO2)NO)c(Oc2ccc(F)c(Cl)c2)n1. The smallest absolute Gasteiger partial charge is 0.230 e. The number of rotatable bonds is 5. The molecular formula is C18H19ClFN3O3. The van der Waals surface area contributed by atoms with Gasteiger partial charge in [0.15, 0.2) is 5.84 Å². The topological polar surface area (TPSA) is 76.0 Å². The molecule has 6 nitrogen and oxygen atoms in total. The molecule has 1 aromatic carbocycles. The summed E-state index contributed by atoms with van der Waals surface area (Å²) in [6.45, 7) is 2.95. The minimum atomic E-state index is -0.535. The van der Waals surface area contributed by atoms with Gasteiger partial charge in [-0.2, -0.15) is 0 Å². The molecule has 2 N–H and O–H groups in total. The molecule has 138 valence electrons. The highest BCUT2D eigenvalue weighted by molar-refractivity contribution is 6.30. The first-order valence-corrected chi connectivity index (χ1v) is 8.61. The van der Waals surface area contributed by atoms with Crippen LogP contribution in [0.25, 0.3) is 0 Å². The van der Waals surface area contributed by atoms with E-state index in [-0.39, 0.29) is 22.8 Å². The van der Waals surface area contributed by atoms with Crippen LogP contribution in [0.1, 0.15) is 24.1 Å². The number of nitrogens with one attached hydrogen (secondary N) is 1. The fraction of sp³-hybridized carbons (Fsp3) is 0.333. The van der Waals surface area contributed by atoms with E-state index in [0.29, 0.717) is 23.6 Å². The first-order valence-electron chi connectivity index (χ1n) is 8.24. The van der Waals surface area contributed by atoms with Gasteiger partial charge in [-0.05, 0) is 44.0 Å². The molecule has 0 radical (unpaired) electrons. The highest BCUT2D eigenvalue weighted by Crippen LogP contribution is 2.27. The molecule has 2 heterocycles. The summed E-state index contributed by atoms with van der Waals surface area (Å²) in [5.74, 6) is 0.232. The van der Waals surface area contributed by atoms with Crippen molar-refractivity contribution in [3.8, 4) is 11.6 Å². The minimum Gasteiger partial charge on any atom is -0.438 e. The summed E-state index contributed by atoms with van der Waals surface area (Å²) in [6, 6.07) is 7.54. The van der Waals surface area contributed by atoms with Crippen molar-refractivity contribution in [1.29, 1.82) is 0 Å². The Morgan fingerprint density at radius 2 is 2.31 bits per heavy atom. The summed E-state index contributed by atoms with van der Waals surface area (Å²) in [6.07, 6.45) is 1.98. The van der Waals surface area contributed by atoms with Crippen molar-refractivity contribution in [3.63, 3.8) is 0 Å². The summed E-state index contributed by atoms with van der Waals surface area (Å²) < 4.78 is 24.6. The maximum Gasteiger partial charge on any atom is 0.230 e. The summed E-state index contributed by atoms with van der Waals surface area (Å²) >= 11 is 5.80. The minimum absolute atomic E-state index is 0.0389. The zero-order valence-electron chi connectivity index (χ0n) is 14.2. The number of hydrogen-bond donors (Lipinski definition) is 2. The molecular weight excluding hydrogens is 361 g/mol. The van der Waals surface area contributed by atoms with Crippen LogP contribution in [0.4, 0.5) is 4.39 Å². The number of hydrogen-bond acceptors (Lipinski definition) is 5. The molecule has 1 atom stereocenters. The Morgan fingerprint density at radius 3 is 3.00 bits per heavy atom. The number of halogens is 2. The van der Waals surface area contributed by atoms with Crippen LogP contribution in [0.2, 0.25) is 5.02 Å². The van der Waals surface area contributed by atoms with Gasteiger partial charge in [0.05, 0.1) is 23.2 Å². The molecule has 1 saturated heterocycles. The zero-order valence-corrected chi connectivity index (χ0v) is 15.0. The van der Waals surface area contributed by atoms with E-state index in [1.807, 2.05) is 6.92 Å². The Bertz CT molecular complexity index is 810. The van der Waals surface area contributed by atoms with Crippen molar-refractivity contribution in [2.75, 3.05) is 13.2 Å². The predicted octanol–water partition coefficient (Wildman–Crippen LogP) is 3.88. The van der Waals surface area contributed by atoms with Gasteiger partial charge in [-0.3, -0.25) is 15.7 Å². The summed E-state index contributed by atoms with van der Waals surface area (Å²) in [5, 5.41) is 9.47. The standard InChI is InChI=1S/C18H19ClFN3O3/c1-11-4-6-14(17(23-24)21-10-13-3-2-8-25-13)18(22-11)26-12-5-7-16(20)15(19)9-12/h4-7,9,13,24H,2-3,8,10H2,1H3,(H,21,23). The fourth-order valence-electron chi connectivity index (χ4n) is 2.61. The third kappa shape index (κ3) is 4.49. The van der Waals surface area contributed by atoms with Crippen LogP contribution in [0, 0.1) is 12.7 Å². The van der Waals surface area contributed by atoms with Gasteiger partial charge in [-0.15, -0.1) is 0 Å². The summed E-state index contributed by atoms with van der Waals surface area (Å²) in [4.78, 5) is 8.73. The normalized spacial score (nSPS) is 17.4. The molecule has 0 aliphatic carbocycles. The van der Waals surface area contributed by atoms with E-state index in [1.54, 1.807) is 12.1 Å². The molecule has 0 saturated carbocycles. The number of pyridine rings is 1. The molecule has 2 aromatic rings. The van der Waals surface area contributed by atoms with Crippen molar-refractivity contribution in [1.82, 2.24) is 10.5 Å². The molecule has 1 fully saturated rings. The Morgan fingerprint density at radius 1 is 1.46 bits per heavy atom. The Balaban J connectivity index is 1.88. The van der Waals surface area contributed by atoms with Gasteiger partial charge in [0.25, 0.3) is 0 Å². The van der Waals surface area contributed by atoms with Gasteiger partial charge in [0, 0.05) is 18.4 Å². The molecule has 0 amide bonds. The molecule has 1 aromatic heterocycles. The van der Waals surface area contributed by atoms with Crippen LogP contribution in [-0.4, -0.2) is 35.3 Å². The van der Waals surface area contributed by atoms with E-state index in [2.05, 4.69) is 15.5 Å². The largest absolute Gasteiger partial charge is 0.438 e. The zero-order chi connectivity index (χ0) is 18.5. The van der Waals surface area contributed by atoms with Crippen molar-refractivity contribution < 1.29 is 19.1 Å². The number of aliphatic imine (C=N–C) groups is 1. The molecule has 0 spiro atoms. The molecule has 26 heavy (non-hydrogen) atoms. The highest BCUT2D eigenvalue weighted by Gasteiger charge is 2.18. The molecule has 1 unspecified atom stereocenters. The van der Waals surface area contributed by atoms with Crippen molar-refractivity contribution >= 4 is 17.4 Å². The number of amidine groups is 1. The molecule has 8 heteroatoms. The van der Waals surface area contributed by atoms with Gasteiger partial charge in [0.1, 0.15) is 11.6 Å². The average molecular weight is 380 g/mol. The fourth-order valence-corrected chi connectivity index (χ4v) is 2.78. The number of nitrogens with zero attached hydrogens (tertiary/aromatic N) is 2. The van der Waals surface area contributed by atoms with Gasteiger partial charge < -0.3 is 9.47 Å². The van der Waals surface area contributed by atoms with Gasteiger partial charge >= 0.3 is 0 Å². The van der Waals surface area contributed by atoms with E-state index in [4.69, 9.17) is 21.1 Å². The van der Waals surface area contributed by atoms with Crippen LogP contribution >= 0.6 is 11.6 Å². The summed E-state index contributed by atoms with van der Waals surface area (Å²) in [5.41, 5.74) is 3.28. The Hall–Kier alpha value is -2.22. The lowest BCUT2D eigenvalue weighted by Crippen LogP contribution is -2.23. The third-order valence-electron chi connectivity index (χ3n) is 3.94. The lowest BCUT2D eigenvalue weighted by atomic mass is 10.2. The Kier molecular flexibility index (Phi) is 6.03. The average Bonchev–Trinajstić information content (AvgIpc) is 3.14. The van der Waals surface area contributed by atoms with Gasteiger partial charge in [0.2, 0.25) is 5.88 Å². The van der Waals surface area contributed by atoms with Crippen LogP contribution in [0.15, 0.2) is 35.3 Å². The van der Waals surface area contributed by atoms with Crippen LogP contribution in [0.5, 0.6) is 11.6 Å². The monoisotopic (exact) mass is 379 g/mol. The van der Waals surface area contributed by atoms with Crippen LogP contribution in [0.3, 0.4) is 0 Å². The quantitative estimate of drug-likeness (QED) is 0.468. The van der Waals surface area contributed by atoms with E-state index >= 15 is 0 Å². The van der Waals surface area contributed by atoms with Gasteiger partial charge in [-0.1, -0.05) is 11.6 Å². The second kappa shape index (κ2) is 8.44. The molecule has 0 bridgehead atoms. The number of hydroxylamine groups is 1. The number of ether oxygens (including phenoxy) is 2. The number of aryl methyl sites for hydroxylation is 1. The first kappa shape index (κ1) is 18.6. The lowest BCUT2D eigenvalue weighted by molar-refractivity contribution is 0.117. The summed E-state index contributed by atoms with van der Waals surface area (Å²) in [7, 11) is 0. The Labute approximate surface area is 155 Å². The van der Waals surface area contributed by atoms with Gasteiger partial charge in [-0.25, -0.2) is 9.37 Å². The van der Waals surface area contributed by atoms with Crippen molar-refractivity contribution in [2.24, 2.45) is 4.99 Å². The van der Waals surface area contributed by atoms with E-state index in [1.165, 1.54) is 18.2 Å². The van der Waals surface area contributed by atoms with E-state index < -0.39 is 5.82 Å². The maximum atomic E-state index is 13.3. The highest BCUT2D eigenvalue weighted by atomic mass is 35.5. The molecule has 1 aliphatic heterocycles. The maximum absolute atomic E-state index is 13.3. The number of aromatic nitrogens is 1. The van der Waals surface area contributed by atoms with Crippen LogP contribution in [-0.2, 0) is 4.74 Å². The van der Waals surface area contributed by atoms with E-state index in [9.17, 15) is 9.60 Å². The second-order valence-corrected chi connectivity index (χ2v) is 6.33. The lowest BCUT2D eigenvalue weighted by Gasteiger charge is -2.13. The second-order valence-electron chi connectivity index (χ2n) is 5.92. The molecule has 1 aliphatic rings.